The summed E-state index contributed by atoms with van der Waals surface area (Å²) >= 11 is 1.65. The van der Waals surface area contributed by atoms with Crippen molar-refractivity contribution < 1.29 is 9.47 Å². The maximum atomic E-state index is 5.69. The van der Waals surface area contributed by atoms with Crippen LogP contribution in [0.3, 0.4) is 0 Å². The third-order valence-electron chi connectivity index (χ3n) is 2.54. The van der Waals surface area contributed by atoms with E-state index in [1.807, 2.05) is 18.2 Å². The Morgan fingerprint density at radius 1 is 1.44 bits per heavy atom. The molecular formula is C12H17NO2S. The number of hydrogen-bond donors (Lipinski definition) is 1. The van der Waals surface area contributed by atoms with Crippen LogP contribution in [0.4, 0.5) is 5.69 Å². The van der Waals surface area contributed by atoms with Gasteiger partial charge in [-0.05, 0) is 30.9 Å². The van der Waals surface area contributed by atoms with Gasteiger partial charge in [0.25, 0.3) is 0 Å². The van der Waals surface area contributed by atoms with Gasteiger partial charge in [0, 0.05) is 11.8 Å². The first-order valence-corrected chi connectivity index (χ1v) is 6.42. The largest absolute Gasteiger partial charge is 0.496 e. The molecule has 0 atom stereocenters. The minimum absolute atomic E-state index is 0.677. The van der Waals surface area contributed by atoms with E-state index < -0.39 is 0 Å². The van der Waals surface area contributed by atoms with E-state index in [-0.39, 0.29) is 0 Å². The minimum Gasteiger partial charge on any atom is -0.496 e. The summed E-state index contributed by atoms with van der Waals surface area (Å²) < 4.78 is 10.8. The van der Waals surface area contributed by atoms with E-state index in [1.165, 1.54) is 12.8 Å². The van der Waals surface area contributed by atoms with E-state index in [0.717, 1.165) is 28.9 Å². The lowest BCUT2D eigenvalue weighted by atomic mass is 10.3. The summed E-state index contributed by atoms with van der Waals surface area (Å²) in [6, 6.07) is 5.69. The molecule has 1 aromatic rings. The SMILES string of the molecule is COc1cc(N)ccc1SCOCC1CC1. The van der Waals surface area contributed by atoms with Gasteiger partial charge in [0.15, 0.2) is 0 Å². The molecule has 1 aliphatic carbocycles. The summed E-state index contributed by atoms with van der Waals surface area (Å²) in [5.41, 5.74) is 6.41. The van der Waals surface area contributed by atoms with Crippen LogP contribution in [0.5, 0.6) is 5.75 Å². The van der Waals surface area contributed by atoms with Gasteiger partial charge < -0.3 is 15.2 Å². The monoisotopic (exact) mass is 239 g/mol. The predicted octanol–water partition coefficient (Wildman–Crippen LogP) is 2.75. The molecule has 0 radical (unpaired) electrons. The van der Waals surface area contributed by atoms with Crippen LogP contribution >= 0.6 is 11.8 Å². The van der Waals surface area contributed by atoms with E-state index >= 15 is 0 Å². The number of benzene rings is 1. The predicted molar refractivity (Wildman–Crippen MR) is 66.8 cm³/mol. The van der Waals surface area contributed by atoms with Crippen LogP contribution in [0.2, 0.25) is 0 Å². The van der Waals surface area contributed by atoms with Crippen LogP contribution in [0.15, 0.2) is 23.1 Å². The van der Waals surface area contributed by atoms with E-state index in [4.69, 9.17) is 15.2 Å². The Morgan fingerprint density at radius 2 is 2.25 bits per heavy atom. The molecule has 0 aromatic heterocycles. The third-order valence-corrected chi connectivity index (χ3v) is 3.47. The van der Waals surface area contributed by atoms with Gasteiger partial charge in [0.05, 0.1) is 24.6 Å². The maximum absolute atomic E-state index is 5.69. The smallest absolute Gasteiger partial charge is 0.134 e. The zero-order chi connectivity index (χ0) is 11.4. The number of rotatable bonds is 6. The molecule has 16 heavy (non-hydrogen) atoms. The molecule has 0 bridgehead atoms. The maximum Gasteiger partial charge on any atom is 0.134 e. The zero-order valence-corrected chi connectivity index (χ0v) is 10.3. The lowest BCUT2D eigenvalue weighted by molar-refractivity contribution is 0.171. The Labute approximate surface area is 100 Å². The molecule has 2 N–H and O–H groups in total. The van der Waals surface area contributed by atoms with E-state index in [0.29, 0.717) is 5.94 Å². The van der Waals surface area contributed by atoms with Crippen LogP contribution in [0.1, 0.15) is 12.8 Å². The Bertz CT molecular complexity index is 353. The van der Waals surface area contributed by atoms with E-state index in [9.17, 15) is 0 Å². The highest BCUT2D eigenvalue weighted by Crippen LogP contribution is 2.32. The lowest BCUT2D eigenvalue weighted by Crippen LogP contribution is -1.96. The number of nitrogen functional groups attached to an aromatic ring is 1. The van der Waals surface area contributed by atoms with Crippen molar-refractivity contribution in [2.45, 2.75) is 17.7 Å². The molecule has 2 rings (SSSR count). The van der Waals surface area contributed by atoms with Crippen molar-refractivity contribution >= 4 is 17.4 Å². The van der Waals surface area contributed by atoms with Gasteiger partial charge in [0.2, 0.25) is 0 Å². The van der Waals surface area contributed by atoms with Crippen LogP contribution in [-0.2, 0) is 4.74 Å². The van der Waals surface area contributed by atoms with Crippen LogP contribution in [-0.4, -0.2) is 19.7 Å². The second-order valence-corrected chi connectivity index (χ2v) is 4.95. The quantitative estimate of drug-likeness (QED) is 0.359. The lowest BCUT2D eigenvalue weighted by Gasteiger charge is -2.09. The summed E-state index contributed by atoms with van der Waals surface area (Å²) in [4.78, 5) is 1.08. The van der Waals surface area contributed by atoms with Gasteiger partial charge in [-0.15, -0.1) is 0 Å². The number of nitrogens with two attached hydrogens (primary N) is 1. The molecule has 88 valence electrons. The second kappa shape index (κ2) is 5.46. The van der Waals surface area contributed by atoms with Crippen molar-refractivity contribution in [2.24, 2.45) is 5.92 Å². The van der Waals surface area contributed by atoms with E-state index in [2.05, 4.69) is 0 Å². The molecule has 0 heterocycles. The topological polar surface area (TPSA) is 44.5 Å². The molecule has 0 unspecified atom stereocenters. The summed E-state index contributed by atoms with van der Waals surface area (Å²) in [5, 5.41) is 0. The fourth-order valence-electron chi connectivity index (χ4n) is 1.41. The van der Waals surface area contributed by atoms with Crippen molar-refractivity contribution in [1.82, 2.24) is 0 Å². The fourth-order valence-corrected chi connectivity index (χ4v) is 2.16. The number of methoxy groups -OCH3 is 1. The molecule has 1 aromatic carbocycles. The standard InChI is InChI=1S/C12H17NO2S/c1-14-11-6-10(13)4-5-12(11)16-8-15-7-9-2-3-9/h4-6,9H,2-3,7-8,13H2,1H3. The third kappa shape index (κ3) is 3.32. The molecule has 0 aliphatic heterocycles. The molecule has 4 heteroatoms. The first-order valence-electron chi connectivity index (χ1n) is 5.43. The Kier molecular flexibility index (Phi) is 3.96. The molecule has 1 aliphatic rings. The van der Waals surface area contributed by atoms with Crippen molar-refractivity contribution in [2.75, 3.05) is 25.4 Å². The van der Waals surface area contributed by atoms with Crippen molar-refractivity contribution in [3.05, 3.63) is 18.2 Å². The second-order valence-electron chi connectivity index (χ2n) is 3.99. The molecule has 1 saturated carbocycles. The summed E-state index contributed by atoms with van der Waals surface area (Å²) in [7, 11) is 1.66. The first-order chi connectivity index (χ1) is 7.79. The number of anilines is 1. The molecule has 0 saturated heterocycles. The van der Waals surface area contributed by atoms with Gasteiger partial charge in [-0.1, -0.05) is 11.8 Å². The highest BCUT2D eigenvalue weighted by Gasteiger charge is 2.21. The van der Waals surface area contributed by atoms with Gasteiger partial charge in [0.1, 0.15) is 5.75 Å². The summed E-state index contributed by atoms with van der Waals surface area (Å²) in [5.74, 6) is 2.31. The van der Waals surface area contributed by atoms with Crippen LogP contribution in [0.25, 0.3) is 0 Å². The average molecular weight is 239 g/mol. The fraction of sp³-hybridized carbons (Fsp3) is 0.500. The Morgan fingerprint density at radius 3 is 2.94 bits per heavy atom. The number of hydrogen-bond acceptors (Lipinski definition) is 4. The molecule has 0 amide bonds. The van der Waals surface area contributed by atoms with Crippen molar-refractivity contribution in [3.8, 4) is 5.75 Å². The van der Waals surface area contributed by atoms with Crippen LogP contribution in [0, 0.1) is 5.92 Å². The summed E-state index contributed by atoms with van der Waals surface area (Å²) in [6.45, 7) is 0.893. The van der Waals surface area contributed by atoms with Gasteiger partial charge in [-0.2, -0.15) is 0 Å². The normalized spacial score (nSPS) is 15.1. The zero-order valence-electron chi connectivity index (χ0n) is 9.44. The van der Waals surface area contributed by atoms with Crippen molar-refractivity contribution in [1.29, 1.82) is 0 Å². The van der Waals surface area contributed by atoms with Crippen molar-refractivity contribution in [3.63, 3.8) is 0 Å². The number of ether oxygens (including phenoxy) is 2. The van der Waals surface area contributed by atoms with Gasteiger partial charge in [-0.3, -0.25) is 0 Å². The van der Waals surface area contributed by atoms with Gasteiger partial charge >= 0.3 is 0 Å². The molecule has 3 nitrogen and oxygen atoms in total. The Balaban J connectivity index is 1.82. The van der Waals surface area contributed by atoms with Gasteiger partial charge in [-0.25, -0.2) is 0 Å². The van der Waals surface area contributed by atoms with E-state index in [1.54, 1.807) is 18.9 Å². The first kappa shape index (κ1) is 11.6. The number of thioether (sulfide) groups is 1. The van der Waals surface area contributed by atoms with Crippen LogP contribution < -0.4 is 10.5 Å². The average Bonchev–Trinajstić information content (AvgIpc) is 3.09. The highest BCUT2D eigenvalue weighted by molar-refractivity contribution is 7.99. The molecular weight excluding hydrogens is 222 g/mol. The Hall–Kier alpha value is -0.870. The molecule has 0 spiro atoms. The molecule has 1 fully saturated rings. The highest BCUT2D eigenvalue weighted by atomic mass is 32.2. The minimum atomic E-state index is 0.677. The summed E-state index contributed by atoms with van der Waals surface area (Å²) in [6.07, 6.45) is 2.66.